The van der Waals surface area contributed by atoms with Crippen molar-refractivity contribution in [3.8, 4) is 0 Å². The number of nitrogens with one attached hydrogen (secondary N) is 2. The van der Waals surface area contributed by atoms with E-state index in [9.17, 15) is 4.79 Å². The molecule has 0 fully saturated rings. The molecule has 0 bridgehead atoms. The second-order valence-corrected chi connectivity index (χ2v) is 3.20. The molecule has 13 heavy (non-hydrogen) atoms. The van der Waals surface area contributed by atoms with Gasteiger partial charge in [0, 0.05) is 0 Å². The fraction of sp³-hybridized carbons (Fsp3) is 0.429. The normalized spacial score (nSPS) is 9.08. The van der Waals surface area contributed by atoms with Gasteiger partial charge in [0.2, 0.25) is 5.91 Å². The first kappa shape index (κ1) is 12.3. The Balaban J connectivity index is 0.00000144. The van der Waals surface area contributed by atoms with E-state index >= 15 is 0 Å². The zero-order valence-electron chi connectivity index (χ0n) is 7.46. The molecule has 0 saturated heterocycles. The number of rotatable bonds is 3. The lowest BCUT2D eigenvalue weighted by Gasteiger charge is -2.01. The topological polar surface area (TPSA) is 54.0 Å². The van der Waals surface area contributed by atoms with Gasteiger partial charge in [-0.25, -0.2) is 4.98 Å². The Morgan fingerprint density at radius 1 is 1.69 bits per heavy atom. The monoisotopic (exact) mass is 221 g/mol. The highest BCUT2D eigenvalue weighted by Crippen LogP contribution is 2.18. The maximum atomic E-state index is 11.1. The largest absolute Gasteiger partial charge is 0.315 e. The van der Waals surface area contributed by atoms with Gasteiger partial charge in [-0.1, -0.05) is 0 Å². The van der Waals surface area contributed by atoms with Crippen LogP contribution in [0.3, 0.4) is 0 Å². The Bertz CT molecular complexity index is 276. The fourth-order valence-electron chi connectivity index (χ4n) is 0.753. The van der Waals surface area contributed by atoms with Crippen LogP contribution in [-0.2, 0) is 4.79 Å². The van der Waals surface area contributed by atoms with Crippen LogP contribution in [0.5, 0.6) is 0 Å². The molecule has 6 heteroatoms. The molecule has 0 saturated carbocycles. The third-order valence-corrected chi connectivity index (χ3v) is 2.18. The van der Waals surface area contributed by atoms with E-state index in [2.05, 4.69) is 15.6 Å². The summed E-state index contributed by atoms with van der Waals surface area (Å²) >= 11 is 1.43. The van der Waals surface area contributed by atoms with Crippen LogP contribution in [0.25, 0.3) is 0 Å². The molecule has 1 aromatic heterocycles. The molecule has 0 aliphatic heterocycles. The molecule has 0 unspecified atom stereocenters. The van der Waals surface area contributed by atoms with Crippen LogP contribution in [0.15, 0.2) is 5.51 Å². The minimum absolute atomic E-state index is 0. The van der Waals surface area contributed by atoms with Crippen molar-refractivity contribution >= 4 is 34.7 Å². The van der Waals surface area contributed by atoms with Gasteiger partial charge in [0.25, 0.3) is 0 Å². The van der Waals surface area contributed by atoms with Gasteiger partial charge in [-0.2, -0.15) is 0 Å². The molecule has 1 amide bonds. The summed E-state index contributed by atoms with van der Waals surface area (Å²) in [6.07, 6.45) is 0. The predicted octanol–water partition coefficient (Wildman–Crippen LogP) is 1.03. The van der Waals surface area contributed by atoms with Gasteiger partial charge in [0.05, 0.1) is 17.7 Å². The van der Waals surface area contributed by atoms with E-state index < -0.39 is 0 Å². The average molecular weight is 222 g/mol. The van der Waals surface area contributed by atoms with Gasteiger partial charge in [0.15, 0.2) is 0 Å². The van der Waals surface area contributed by atoms with Crippen molar-refractivity contribution in [2.75, 3.05) is 18.9 Å². The van der Waals surface area contributed by atoms with E-state index in [4.69, 9.17) is 0 Å². The zero-order chi connectivity index (χ0) is 8.97. The minimum Gasteiger partial charge on any atom is -0.315 e. The summed E-state index contributed by atoms with van der Waals surface area (Å²) in [5, 5.41) is 6.35. The number of halogens is 1. The number of aromatic nitrogens is 1. The molecule has 0 spiro atoms. The van der Waals surface area contributed by atoms with Gasteiger partial charge < -0.3 is 10.6 Å². The average Bonchev–Trinajstić information content (AvgIpc) is 2.37. The summed E-state index contributed by atoms with van der Waals surface area (Å²) in [4.78, 5) is 15.1. The van der Waals surface area contributed by atoms with Gasteiger partial charge in [-0.05, 0) is 14.0 Å². The first-order valence-electron chi connectivity index (χ1n) is 3.58. The maximum absolute atomic E-state index is 11.1. The quantitative estimate of drug-likeness (QED) is 0.802. The molecular formula is C7H12ClN3OS. The third-order valence-electron chi connectivity index (χ3n) is 1.34. The van der Waals surface area contributed by atoms with Crippen LogP contribution in [-0.4, -0.2) is 24.5 Å². The molecule has 1 aromatic rings. The number of thiazole rings is 1. The summed E-state index contributed by atoms with van der Waals surface area (Å²) in [6.45, 7) is 2.20. The number of carbonyl (C=O) groups is 1. The van der Waals surface area contributed by atoms with Crippen LogP contribution < -0.4 is 10.6 Å². The highest BCUT2D eigenvalue weighted by atomic mass is 35.5. The Morgan fingerprint density at radius 3 is 2.85 bits per heavy atom. The fourth-order valence-corrected chi connectivity index (χ4v) is 1.47. The summed E-state index contributed by atoms with van der Waals surface area (Å²) in [5.74, 6) is -0.0372. The van der Waals surface area contributed by atoms with Crippen molar-refractivity contribution in [3.05, 3.63) is 11.2 Å². The van der Waals surface area contributed by atoms with Gasteiger partial charge in [-0.15, -0.1) is 23.7 Å². The summed E-state index contributed by atoms with van der Waals surface area (Å²) < 4.78 is 0. The first-order valence-corrected chi connectivity index (χ1v) is 4.46. The molecule has 0 aliphatic rings. The molecule has 1 heterocycles. The maximum Gasteiger partial charge on any atom is 0.238 e. The Hall–Kier alpha value is -0.650. The number of hydrogen-bond donors (Lipinski definition) is 2. The molecule has 74 valence electrons. The highest BCUT2D eigenvalue weighted by Gasteiger charge is 2.04. The second-order valence-electron chi connectivity index (χ2n) is 2.35. The Labute approximate surface area is 87.2 Å². The third kappa shape index (κ3) is 3.71. The van der Waals surface area contributed by atoms with Crippen molar-refractivity contribution < 1.29 is 4.79 Å². The van der Waals surface area contributed by atoms with Crippen LogP contribution in [0.4, 0.5) is 5.00 Å². The lowest BCUT2D eigenvalue weighted by molar-refractivity contribution is -0.115. The van der Waals surface area contributed by atoms with E-state index in [1.165, 1.54) is 11.3 Å². The van der Waals surface area contributed by atoms with Crippen LogP contribution in [0.1, 0.15) is 5.69 Å². The van der Waals surface area contributed by atoms with Crippen molar-refractivity contribution in [3.63, 3.8) is 0 Å². The number of likely N-dealkylation sites (N-methyl/N-ethyl adjacent to an activating group) is 1. The van der Waals surface area contributed by atoms with Crippen molar-refractivity contribution in [2.45, 2.75) is 6.92 Å². The number of aryl methyl sites for hydroxylation is 1. The first-order chi connectivity index (χ1) is 5.74. The van der Waals surface area contributed by atoms with E-state index in [1.54, 1.807) is 12.6 Å². The minimum atomic E-state index is -0.0372. The van der Waals surface area contributed by atoms with Crippen molar-refractivity contribution in [1.29, 1.82) is 0 Å². The molecule has 0 aromatic carbocycles. The second kappa shape index (κ2) is 5.90. The number of amides is 1. The van der Waals surface area contributed by atoms with Gasteiger partial charge in [0.1, 0.15) is 5.00 Å². The molecule has 1 rings (SSSR count). The van der Waals surface area contributed by atoms with Gasteiger partial charge >= 0.3 is 0 Å². The lowest BCUT2D eigenvalue weighted by atomic mass is 10.5. The Kier molecular flexibility index (Phi) is 5.61. The Morgan fingerprint density at radius 2 is 2.38 bits per heavy atom. The van der Waals surface area contributed by atoms with Crippen LogP contribution in [0.2, 0.25) is 0 Å². The van der Waals surface area contributed by atoms with E-state index in [0.717, 1.165) is 10.7 Å². The molecule has 0 atom stereocenters. The predicted molar refractivity (Wildman–Crippen MR) is 56.7 cm³/mol. The van der Waals surface area contributed by atoms with E-state index in [1.807, 2.05) is 6.92 Å². The zero-order valence-corrected chi connectivity index (χ0v) is 9.09. The molecular weight excluding hydrogens is 210 g/mol. The van der Waals surface area contributed by atoms with E-state index in [0.29, 0.717) is 6.54 Å². The molecule has 0 radical (unpaired) electrons. The number of carbonyl (C=O) groups excluding carboxylic acids is 1. The van der Waals surface area contributed by atoms with E-state index in [-0.39, 0.29) is 18.3 Å². The summed E-state index contributed by atoms with van der Waals surface area (Å²) in [5.41, 5.74) is 2.58. The molecule has 4 nitrogen and oxygen atoms in total. The van der Waals surface area contributed by atoms with Crippen LogP contribution in [0, 0.1) is 6.92 Å². The van der Waals surface area contributed by atoms with Crippen molar-refractivity contribution in [2.24, 2.45) is 0 Å². The number of hydrogen-bond acceptors (Lipinski definition) is 4. The summed E-state index contributed by atoms with van der Waals surface area (Å²) in [6, 6.07) is 0. The highest BCUT2D eigenvalue weighted by molar-refractivity contribution is 7.14. The SMILES string of the molecule is CNCC(=O)Nc1scnc1C.Cl. The van der Waals surface area contributed by atoms with Crippen LogP contribution >= 0.6 is 23.7 Å². The standard InChI is InChI=1S/C7H11N3OS.ClH/c1-5-7(12-4-9-5)10-6(11)3-8-2;/h4,8H,3H2,1-2H3,(H,10,11);1H. The number of anilines is 1. The van der Waals surface area contributed by atoms with Crippen molar-refractivity contribution in [1.82, 2.24) is 10.3 Å². The molecule has 2 N–H and O–H groups in total. The molecule has 0 aliphatic carbocycles. The smallest absolute Gasteiger partial charge is 0.238 e. The summed E-state index contributed by atoms with van der Waals surface area (Å²) in [7, 11) is 1.74. The lowest BCUT2D eigenvalue weighted by Crippen LogP contribution is -2.24. The van der Waals surface area contributed by atoms with Gasteiger partial charge in [-0.3, -0.25) is 4.79 Å². The number of nitrogens with zero attached hydrogens (tertiary/aromatic N) is 1.